The molecule has 0 N–H and O–H groups in total. The van der Waals surface area contributed by atoms with Crippen molar-refractivity contribution in [2.75, 3.05) is 6.61 Å². The first-order valence-corrected chi connectivity index (χ1v) is 7.03. The van der Waals surface area contributed by atoms with Gasteiger partial charge in [0.25, 0.3) is 0 Å². The molecule has 104 valence electrons. The van der Waals surface area contributed by atoms with Gasteiger partial charge >= 0.3 is 5.97 Å². The third kappa shape index (κ3) is 3.16. The number of hydrogen-bond acceptors (Lipinski definition) is 3. The molecule has 3 heteroatoms. The van der Waals surface area contributed by atoms with Crippen LogP contribution < -0.4 is 0 Å². The van der Waals surface area contributed by atoms with Crippen molar-refractivity contribution >= 4 is 5.97 Å². The fourth-order valence-corrected chi connectivity index (χ4v) is 2.60. The molecular formula is C16H22O3. The first-order chi connectivity index (χ1) is 9.20. The van der Waals surface area contributed by atoms with Crippen molar-refractivity contribution in [1.29, 1.82) is 0 Å². The zero-order valence-corrected chi connectivity index (χ0v) is 11.7. The van der Waals surface area contributed by atoms with E-state index in [1.807, 2.05) is 32.0 Å². The van der Waals surface area contributed by atoms with E-state index in [-0.39, 0.29) is 17.5 Å². The van der Waals surface area contributed by atoms with Crippen molar-refractivity contribution in [1.82, 2.24) is 0 Å². The van der Waals surface area contributed by atoms with Gasteiger partial charge in [-0.3, -0.25) is 4.79 Å². The number of benzene rings is 1. The lowest BCUT2D eigenvalue weighted by Crippen LogP contribution is -2.48. The summed E-state index contributed by atoms with van der Waals surface area (Å²) in [6.07, 6.45) is 2.59. The van der Waals surface area contributed by atoms with Crippen LogP contribution in [0.4, 0.5) is 0 Å². The van der Waals surface area contributed by atoms with Crippen molar-refractivity contribution in [3.63, 3.8) is 0 Å². The zero-order valence-electron chi connectivity index (χ0n) is 11.7. The predicted octanol–water partition coefficient (Wildman–Crippen LogP) is 3.33. The van der Waals surface area contributed by atoms with E-state index >= 15 is 0 Å². The van der Waals surface area contributed by atoms with Crippen LogP contribution in [0, 0.1) is 5.41 Å². The molecule has 1 aliphatic carbocycles. The monoisotopic (exact) mass is 262 g/mol. The maximum Gasteiger partial charge on any atom is 0.312 e. The van der Waals surface area contributed by atoms with Gasteiger partial charge in [0.2, 0.25) is 0 Å². The first-order valence-electron chi connectivity index (χ1n) is 7.03. The summed E-state index contributed by atoms with van der Waals surface area (Å²) in [7, 11) is 0. The van der Waals surface area contributed by atoms with E-state index in [4.69, 9.17) is 9.47 Å². The van der Waals surface area contributed by atoms with Crippen LogP contribution in [-0.2, 0) is 20.9 Å². The van der Waals surface area contributed by atoms with Gasteiger partial charge in [0.05, 0.1) is 24.7 Å². The molecule has 2 rings (SSSR count). The maximum atomic E-state index is 11.9. The van der Waals surface area contributed by atoms with Gasteiger partial charge < -0.3 is 9.47 Å². The largest absolute Gasteiger partial charge is 0.466 e. The van der Waals surface area contributed by atoms with Crippen LogP contribution in [-0.4, -0.2) is 18.7 Å². The Morgan fingerprint density at radius 2 is 1.95 bits per heavy atom. The molecule has 1 aliphatic rings. The lowest BCUT2D eigenvalue weighted by molar-refractivity contribution is -0.175. The van der Waals surface area contributed by atoms with Crippen LogP contribution >= 0.6 is 0 Å². The average molecular weight is 262 g/mol. The number of carbonyl (C=O) groups is 1. The molecule has 3 nitrogen and oxygen atoms in total. The fourth-order valence-electron chi connectivity index (χ4n) is 2.60. The Kier molecular flexibility index (Phi) is 4.59. The Morgan fingerprint density at radius 3 is 2.53 bits per heavy atom. The molecule has 0 saturated heterocycles. The minimum Gasteiger partial charge on any atom is -0.466 e. The first kappa shape index (κ1) is 14.1. The van der Waals surface area contributed by atoms with Gasteiger partial charge in [-0.15, -0.1) is 0 Å². The second-order valence-corrected chi connectivity index (χ2v) is 5.18. The quantitative estimate of drug-likeness (QED) is 0.738. The summed E-state index contributed by atoms with van der Waals surface area (Å²) in [5, 5.41) is 0. The van der Waals surface area contributed by atoms with E-state index in [0.29, 0.717) is 13.2 Å². The van der Waals surface area contributed by atoms with Gasteiger partial charge in [0.1, 0.15) is 0 Å². The van der Waals surface area contributed by atoms with E-state index in [0.717, 1.165) is 19.3 Å². The highest BCUT2D eigenvalue weighted by atomic mass is 16.5. The summed E-state index contributed by atoms with van der Waals surface area (Å²) in [5.74, 6) is -0.0583. The lowest BCUT2D eigenvalue weighted by atomic mass is 9.65. The number of ether oxygens (including phenoxy) is 2. The standard InChI is InChI=1S/C16H22O3/c1-3-16(15(17)18-4-2)10-14(11-16)19-12-13-8-6-5-7-9-13/h5-9,14H,3-4,10-12H2,1-2H3. The normalized spacial score (nSPS) is 25.7. The van der Waals surface area contributed by atoms with Crippen LogP contribution in [0.2, 0.25) is 0 Å². The van der Waals surface area contributed by atoms with Gasteiger partial charge in [-0.2, -0.15) is 0 Å². The second kappa shape index (κ2) is 6.20. The molecule has 0 amide bonds. The van der Waals surface area contributed by atoms with Crippen LogP contribution in [0.1, 0.15) is 38.7 Å². The molecule has 0 heterocycles. The second-order valence-electron chi connectivity index (χ2n) is 5.18. The molecule has 0 unspecified atom stereocenters. The molecule has 0 bridgehead atoms. The lowest BCUT2D eigenvalue weighted by Gasteiger charge is -2.44. The zero-order chi connectivity index (χ0) is 13.7. The van der Waals surface area contributed by atoms with Gasteiger partial charge in [-0.05, 0) is 31.7 Å². The molecule has 1 saturated carbocycles. The third-order valence-corrected chi connectivity index (χ3v) is 3.95. The Labute approximate surface area is 114 Å². The Balaban J connectivity index is 1.80. The van der Waals surface area contributed by atoms with Crippen molar-refractivity contribution in [3.05, 3.63) is 35.9 Å². The van der Waals surface area contributed by atoms with Gasteiger partial charge in [-0.25, -0.2) is 0 Å². The summed E-state index contributed by atoms with van der Waals surface area (Å²) in [4.78, 5) is 11.9. The molecule has 0 spiro atoms. The van der Waals surface area contributed by atoms with Gasteiger partial charge in [0, 0.05) is 0 Å². The van der Waals surface area contributed by atoms with Crippen LogP contribution in [0.5, 0.6) is 0 Å². The Bertz CT molecular complexity index is 407. The van der Waals surface area contributed by atoms with E-state index in [1.54, 1.807) is 0 Å². The predicted molar refractivity (Wildman–Crippen MR) is 73.6 cm³/mol. The molecule has 0 radical (unpaired) electrons. The van der Waals surface area contributed by atoms with Crippen LogP contribution in [0.15, 0.2) is 30.3 Å². The van der Waals surface area contributed by atoms with Crippen LogP contribution in [0.25, 0.3) is 0 Å². The van der Waals surface area contributed by atoms with Gasteiger partial charge in [0.15, 0.2) is 0 Å². The van der Waals surface area contributed by atoms with E-state index in [2.05, 4.69) is 12.1 Å². The molecule has 0 aliphatic heterocycles. The Morgan fingerprint density at radius 1 is 1.26 bits per heavy atom. The molecule has 1 aromatic carbocycles. The van der Waals surface area contributed by atoms with E-state index in [1.165, 1.54) is 5.56 Å². The molecule has 19 heavy (non-hydrogen) atoms. The topological polar surface area (TPSA) is 35.5 Å². The minimum atomic E-state index is -0.294. The minimum absolute atomic E-state index is 0.0583. The maximum absolute atomic E-state index is 11.9. The molecular weight excluding hydrogens is 240 g/mol. The average Bonchev–Trinajstić information content (AvgIpc) is 2.39. The highest BCUT2D eigenvalue weighted by molar-refractivity contribution is 5.78. The Hall–Kier alpha value is -1.35. The highest BCUT2D eigenvalue weighted by Crippen LogP contribution is 2.46. The van der Waals surface area contributed by atoms with E-state index in [9.17, 15) is 4.79 Å². The fraction of sp³-hybridized carbons (Fsp3) is 0.562. The summed E-state index contributed by atoms with van der Waals surface area (Å²) in [5.41, 5.74) is 0.879. The van der Waals surface area contributed by atoms with Crippen molar-refractivity contribution in [2.45, 2.75) is 45.8 Å². The third-order valence-electron chi connectivity index (χ3n) is 3.95. The summed E-state index contributed by atoms with van der Waals surface area (Å²) < 4.78 is 11.0. The number of carbonyl (C=O) groups excluding carboxylic acids is 1. The summed E-state index contributed by atoms with van der Waals surface area (Å²) in [6.45, 7) is 4.97. The SMILES string of the molecule is CCOC(=O)C1(CC)CC(OCc2ccccc2)C1. The van der Waals surface area contributed by atoms with Gasteiger partial charge in [-0.1, -0.05) is 37.3 Å². The van der Waals surface area contributed by atoms with Crippen molar-refractivity contribution in [2.24, 2.45) is 5.41 Å². The summed E-state index contributed by atoms with van der Waals surface area (Å²) in [6, 6.07) is 10.1. The molecule has 1 aromatic rings. The highest BCUT2D eigenvalue weighted by Gasteiger charge is 2.50. The molecule has 0 aromatic heterocycles. The molecule has 0 atom stereocenters. The van der Waals surface area contributed by atoms with Crippen molar-refractivity contribution < 1.29 is 14.3 Å². The molecule has 1 fully saturated rings. The van der Waals surface area contributed by atoms with Crippen molar-refractivity contribution in [3.8, 4) is 0 Å². The number of esters is 1. The summed E-state index contributed by atoms with van der Waals surface area (Å²) >= 11 is 0. The number of rotatable bonds is 6. The van der Waals surface area contributed by atoms with E-state index < -0.39 is 0 Å². The van der Waals surface area contributed by atoms with Crippen LogP contribution in [0.3, 0.4) is 0 Å². The smallest absolute Gasteiger partial charge is 0.312 e. The number of hydrogen-bond donors (Lipinski definition) is 0.